The number of hydrogen-bond donors (Lipinski definition) is 0. The summed E-state index contributed by atoms with van der Waals surface area (Å²) in [6.45, 7) is 2.49. The Morgan fingerprint density at radius 1 is 1.07 bits per heavy atom. The van der Waals surface area contributed by atoms with Crippen molar-refractivity contribution in [1.82, 2.24) is 4.98 Å². The number of methoxy groups -OCH3 is 1. The molecule has 1 heterocycles. The standard InChI is InChI=1S/C25H20N2O2S/c1-17-7-9-18(10-8-17)16-29-23-14-19(11-12-22(23)28-2)13-20(15-26)25-27-21-5-3-4-6-24(21)30-25/h3-14H,16H2,1-2H3/b20-13-. The zero-order valence-electron chi connectivity index (χ0n) is 16.8. The predicted molar refractivity (Wildman–Crippen MR) is 122 cm³/mol. The number of allylic oxidation sites excluding steroid dienone is 1. The highest BCUT2D eigenvalue weighted by Gasteiger charge is 2.10. The second-order valence-corrected chi connectivity index (χ2v) is 7.87. The second-order valence-electron chi connectivity index (χ2n) is 6.84. The maximum atomic E-state index is 9.70. The molecular weight excluding hydrogens is 392 g/mol. The molecule has 0 radical (unpaired) electrons. The second kappa shape index (κ2) is 8.81. The van der Waals surface area contributed by atoms with Crippen molar-refractivity contribution in [2.75, 3.05) is 7.11 Å². The molecule has 5 heteroatoms. The minimum absolute atomic E-state index is 0.437. The van der Waals surface area contributed by atoms with Crippen LogP contribution in [0.1, 0.15) is 21.7 Å². The Labute approximate surface area is 179 Å². The van der Waals surface area contributed by atoms with Crippen LogP contribution in [0.2, 0.25) is 0 Å². The highest BCUT2D eigenvalue weighted by Crippen LogP contribution is 2.32. The van der Waals surface area contributed by atoms with Crippen molar-refractivity contribution in [3.63, 3.8) is 0 Å². The molecule has 0 aliphatic heterocycles. The lowest BCUT2D eigenvalue weighted by atomic mass is 10.1. The number of rotatable bonds is 6. The monoisotopic (exact) mass is 412 g/mol. The number of aryl methyl sites for hydroxylation is 1. The van der Waals surface area contributed by atoms with Crippen LogP contribution in [0, 0.1) is 18.3 Å². The van der Waals surface area contributed by atoms with Crippen LogP contribution in [0.25, 0.3) is 21.9 Å². The van der Waals surface area contributed by atoms with Crippen LogP contribution < -0.4 is 9.47 Å². The fraction of sp³-hybridized carbons (Fsp3) is 0.120. The zero-order chi connectivity index (χ0) is 20.9. The molecule has 0 aliphatic rings. The molecule has 0 fully saturated rings. The van der Waals surface area contributed by atoms with Gasteiger partial charge in [-0.2, -0.15) is 5.26 Å². The summed E-state index contributed by atoms with van der Waals surface area (Å²) >= 11 is 1.51. The van der Waals surface area contributed by atoms with Gasteiger partial charge in [-0.15, -0.1) is 11.3 Å². The summed E-state index contributed by atoms with van der Waals surface area (Å²) in [6, 6.07) is 24.0. The third kappa shape index (κ3) is 4.35. The van der Waals surface area contributed by atoms with E-state index in [-0.39, 0.29) is 0 Å². The van der Waals surface area contributed by atoms with E-state index in [1.807, 2.05) is 60.7 Å². The molecular formula is C25H20N2O2S. The molecule has 0 aliphatic carbocycles. The Balaban J connectivity index is 1.62. The molecule has 4 aromatic rings. The number of thiazole rings is 1. The largest absolute Gasteiger partial charge is 0.493 e. The number of hydrogen-bond acceptors (Lipinski definition) is 5. The SMILES string of the molecule is COc1ccc(/C=C(/C#N)c2nc3ccccc3s2)cc1OCc1ccc(C)cc1. The average molecular weight is 413 g/mol. The van der Waals surface area contributed by atoms with Crippen molar-refractivity contribution in [2.45, 2.75) is 13.5 Å². The van der Waals surface area contributed by atoms with E-state index in [4.69, 9.17) is 9.47 Å². The van der Waals surface area contributed by atoms with Crippen LogP contribution in [0.15, 0.2) is 66.7 Å². The van der Waals surface area contributed by atoms with E-state index in [1.54, 1.807) is 7.11 Å². The molecule has 0 atom stereocenters. The van der Waals surface area contributed by atoms with E-state index < -0.39 is 0 Å². The molecule has 4 rings (SSSR count). The van der Waals surface area contributed by atoms with Crippen LogP contribution in [0.3, 0.4) is 0 Å². The van der Waals surface area contributed by atoms with Gasteiger partial charge >= 0.3 is 0 Å². The Kier molecular flexibility index (Phi) is 5.78. The number of ether oxygens (including phenoxy) is 2. The molecule has 148 valence electrons. The first-order valence-corrected chi connectivity index (χ1v) is 10.3. The topological polar surface area (TPSA) is 55.1 Å². The minimum atomic E-state index is 0.437. The maximum Gasteiger partial charge on any atom is 0.162 e. The molecule has 0 amide bonds. The predicted octanol–water partition coefficient (Wildman–Crippen LogP) is 6.26. The Morgan fingerprint density at radius 3 is 2.60 bits per heavy atom. The molecule has 3 aromatic carbocycles. The van der Waals surface area contributed by atoms with Gasteiger partial charge in [0.2, 0.25) is 0 Å². The Bertz CT molecular complexity index is 1220. The van der Waals surface area contributed by atoms with Crippen molar-refractivity contribution in [2.24, 2.45) is 0 Å². The van der Waals surface area contributed by atoms with Gasteiger partial charge in [0.15, 0.2) is 11.5 Å². The summed E-state index contributed by atoms with van der Waals surface area (Å²) in [5, 5.41) is 10.4. The van der Waals surface area contributed by atoms with Crippen molar-refractivity contribution in [3.8, 4) is 17.6 Å². The molecule has 1 aromatic heterocycles. The number of para-hydroxylation sites is 1. The third-order valence-corrected chi connectivity index (χ3v) is 5.73. The molecule has 0 bridgehead atoms. The molecule has 0 saturated heterocycles. The summed E-state index contributed by atoms with van der Waals surface area (Å²) in [4.78, 5) is 4.59. The minimum Gasteiger partial charge on any atom is -0.493 e. The molecule has 0 unspecified atom stereocenters. The molecule has 0 spiro atoms. The van der Waals surface area contributed by atoms with Gasteiger partial charge in [-0.25, -0.2) is 4.98 Å². The number of nitriles is 1. The zero-order valence-corrected chi connectivity index (χ0v) is 17.6. The van der Waals surface area contributed by atoms with Gasteiger partial charge in [-0.1, -0.05) is 48.0 Å². The number of benzene rings is 3. The Morgan fingerprint density at radius 2 is 1.87 bits per heavy atom. The highest BCUT2D eigenvalue weighted by molar-refractivity contribution is 7.19. The van der Waals surface area contributed by atoms with Crippen LogP contribution in [0.5, 0.6) is 11.5 Å². The average Bonchev–Trinajstić information content (AvgIpc) is 3.21. The van der Waals surface area contributed by atoms with Gasteiger partial charge in [0.05, 0.1) is 22.9 Å². The van der Waals surface area contributed by atoms with Crippen LogP contribution in [0.4, 0.5) is 0 Å². The first-order chi connectivity index (χ1) is 14.7. The van der Waals surface area contributed by atoms with Crippen LogP contribution >= 0.6 is 11.3 Å². The maximum absolute atomic E-state index is 9.70. The summed E-state index contributed by atoms with van der Waals surface area (Å²) in [5.41, 5.74) is 4.56. The summed E-state index contributed by atoms with van der Waals surface area (Å²) in [6.07, 6.45) is 1.83. The first-order valence-electron chi connectivity index (χ1n) is 9.50. The van der Waals surface area contributed by atoms with E-state index >= 15 is 0 Å². The summed E-state index contributed by atoms with van der Waals surface area (Å²) < 4.78 is 12.5. The van der Waals surface area contributed by atoms with Gasteiger partial charge in [-0.05, 0) is 48.4 Å². The summed E-state index contributed by atoms with van der Waals surface area (Å²) in [5.74, 6) is 1.28. The fourth-order valence-corrected chi connectivity index (χ4v) is 3.97. The van der Waals surface area contributed by atoms with Gasteiger partial charge in [0.1, 0.15) is 17.7 Å². The van der Waals surface area contributed by atoms with Crippen molar-refractivity contribution in [1.29, 1.82) is 5.26 Å². The highest BCUT2D eigenvalue weighted by atomic mass is 32.1. The van der Waals surface area contributed by atoms with E-state index in [1.165, 1.54) is 16.9 Å². The lowest BCUT2D eigenvalue weighted by Gasteiger charge is -2.12. The quantitative estimate of drug-likeness (QED) is 0.351. The third-order valence-electron chi connectivity index (χ3n) is 4.66. The van der Waals surface area contributed by atoms with Gasteiger partial charge < -0.3 is 9.47 Å². The lowest BCUT2D eigenvalue weighted by molar-refractivity contribution is 0.284. The van der Waals surface area contributed by atoms with Gasteiger partial charge in [0, 0.05) is 0 Å². The first kappa shape index (κ1) is 19.7. The number of fused-ring (bicyclic) bond motifs is 1. The number of nitrogens with zero attached hydrogens (tertiary/aromatic N) is 2. The van der Waals surface area contributed by atoms with Crippen molar-refractivity contribution >= 4 is 33.2 Å². The fourth-order valence-electron chi connectivity index (χ4n) is 3.04. The summed E-state index contributed by atoms with van der Waals surface area (Å²) in [7, 11) is 1.62. The van der Waals surface area contributed by atoms with Crippen LogP contribution in [-0.4, -0.2) is 12.1 Å². The van der Waals surface area contributed by atoms with Crippen LogP contribution in [-0.2, 0) is 6.61 Å². The van der Waals surface area contributed by atoms with Crippen molar-refractivity contribution < 1.29 is 9.47 Å². The van der Waals surface area contributed by atoms with Crippen molar-refractivity contribution in [3.05, 3.63) is 88.4 Å². The molecule has 0 saturated carbocycles. The van der Waals surface area contributed by atoms with E-state index in [2.05, 4.69) is 30.1 Å². The Hall–Kier alpha value is -3.62. The molecule has 0 N–H and O–H groups in total. The number of aromatic nitrogens is 1. The van der Waals surface area contributed by atoms with E-state index in [0.717, 1.165) is 21.3 Å². The lowest BCUT2D eigenvalue weighted by Crippen LogP contribution is -1.98. The molecule has 30 heavy (non-hydrogen) atoms. The van der Waals surface area contributed by atoms with Gasteiger partial charge in [-0.3, -0.25) is 0 Å². The van der Waals surface area contributed by atoms with E-state index in [9.17, 15) is 5.26 Å². The normalized spacial score (nSPS) is 11.3. The smallest absolute Gasteiger partial charge is 0.162 e. The van der Waals surface area contributed by atoms with Gasteiger partial charge in [0.25, 0.3) is 0 Å². The molecule has 4 nitrogen and oxygen atoms in total. The van der Waals surface area contributed by atoms with E-state index in [0.29, 0.717) is 28.7 Å².